The third kappa shape index (κ3) is 3.13. The first-order valence-corrected chi connectivity index (χ1v) is 7.34. The first-order chi connectivity index (χ1) is 10.3. The molecule has 6 heteroatoms. The number of para-hydroxylation sites is 1. The fraction of sp³-hybridized carbons (Fsp3) is 0.267. The Morgan fingerprint density at radius 2 is 2.00 bits per heavy atom. The first-order valence-electron chi connectivity index (χ1n) is 6.90. The van der Waals surface area contributed by atoms with Gasteiger partial charge in [0, 0.05) is 6.20 Å². The Balaban J connectivity index is 1.74. The van der Waals surface area contributed by atoms with Gasteiger partial charge in [0.25, 0.3) is 0 Å². The predicted octanol–water partition coefficient (Wildman–Crippen LogP) is 3.20. The summed E-state index contributed by atoms with van der Waals surface area (Å²) in [6.45, 7) is 2.61. The third-order valence-electron chi connectivity index (χ3n) is 3.22. The van der Waals surface area contributed by atoms with E-state index in [0.29, 0.717) is 6.54 Å². The van der Waals surface area contributed by atoms with E-state index in [2.05, 4.69) is 15.4 Å². The average Bonchev–Trinajstić information content (AvgIpc) is 3.17. The van der Waals surface area contributed by atoms with Crippen molar-refractivity contribution in [1.82, 2.24) is 24.8 Å². The quantitative estimate of drug-likeness (QED) is 0.680. The van der Waals surface area contributed by atoms with Gasteiger partial charge in [-0.25, -0.2) is 9.36 Å². The summed E-state index contributed by atoms with van der Waals surface area (Å²) in [6, 6.07) is 12.0. The van der Waals surface area contributed by atoms with E-state index in [9.17, 15) is 0 Å². The molecule has 0 spiro atoms. The Kier molecular flexibility index (Phi) is 4.01. The lowest BCUT2D eigenvalue weighted by molar-refractivity contribution is 0.631. The van der Waals surface area contributed by atoms with E-state index in [1.165, 1.54) is 0 Å². The molecule has 0 aliphatic carbocycles. The van der Waals surface area contributed by atoms with Crippen LogP contribution in [0.5, 0.6) is 0 Å². The Morgan fingerprint density at radius 1 is 1.19 bits per heavy atom. The molecule has 0 saturated carbocycles. The lowest BCUT2D eigenvalue weighted by Gasteiger charge is -2.00. The SMILES string of the molecule is CCC(Cl)c1cn(Cc2ccn(-c3ccccc3)n2)nn1. The number of alkyl halides is 1. The summed E-state index contributed by atoms with van der Waals surface area (Å²) in [7, 11) is 0. The second kappa shape index (κ2) is 6.10. The van der Waals surface area contributed by atoms with Crippen molar-refractivity contribution < 1.29 is 0 Å². The van der Waals surface area contributed by atoms with Gasteiger partial charge in [-0.15, -0.1) is 16.7 Å². The van der Waals surface area contributed by atoms with Crippen molar-refractivity contribution in [3.8, 4) is 5.69 Å². The van der Waals surface area contributed by atoms with E-state index in [1.807, 2.05) is 60.4 Å². The lowest BCUT2D eigenvalue weighted by atomic mass is 10.3. The van der Waals surface area contributed by atoms with Crippen molar-refractivity contribution in [2.24, 2.45) is 0 Å². The van der Waals surface area contributed by atoms with Gasteiger partial charge in [-0.3, -0.25) is 0 Å². The highest BCUT2D eigenvalue weighted by Gasteiger charge is 2.10. The van der Waals surface area contributed by atoms with Crippen LogP contribution in [0.15, 0.2) is 48.8 Å². The largest absolute Gasteiger partial charge is 0.246 e. The molecule has 0 bridgehead atoms. The highest BCUT2D eigenvalue weighted by molar-refractivity contribution is 6.20. The molecule has 0 N–H and O–H groups in total. The molecule has 3 aromatic rings. The maximum atomic E-state index is 6.16. The number of rotatable bonds is 5. The van der Waals surface area contributed by atoms with Crippen LogP contribution in [-0.2, 0) is 6.54 Å². The minimum Gasteiger partial charge on any atom is -0.246 e. The Bertz CT molecular complexity index is 704. The summed E-state index contributed by atoms with van der Waals surface area (Å²) in [5.41, 5.74) is 2.77. The number of benzene rings is 1. The smallest absolute Gasteiger partial charge is 0.101 e. The standard InChI is InChI=1S/C15H16ClN5/c1-2-14(16)15-11-20(19-17-15)10-12-8-9-21(18-12)13-6-4-3-5-7-13/h3-9,11,14H,2,10H2,1H3. The topological polar surface area (TPSA) is 48.5 Å². The molecule has 0 saturated heterocycles. The zero-order valence-electron chi connectivity index (χ0n) is 11.7. The van der Waals surface area contributed by atoms with Crippen LogP contribution in [-0.4, -0.2) is 24.8 Å². The van der Waals surface area contributed by atoms with Gasteiger partial charge in [0.15, 0.2) is 0 Å². The first kappa shape index (κ1) is 13.8. The number of halogens is 1. The van der Waals surface area contributed by atoms with Crippen molar-refractivity contribution >= 4 is 11.6 Å². The van der Waals surface area contributed by atoms with Crippen LogP contribution in [0.1, 0.15) is 30.1 Å². The van der Waals surface area contributed by atoms with Gasteiger partial charge >= 0.3 is 0 Å². The highest BCUT2D eigenvalue weighted by Crippen LogP contribution is 2.20. The molecule has 0 radical (unpaired) electrons. The molecule has 0 fully saturated rings. The molecule has 3 rings (SSSR count). The van der Waals surface area contributed by atoms with Crippen LogP contribution >= 0.6 is 11.6 Å². The lowest BCUT2D eigenvalue weighted by Crippen LogP contribution is -2.02. The molecule has 1 aromatic carbocycles. The summed E-state index contributed by atoms with van der Waals surface area (Å²) in [5.74, 6) is 0. The summed E-state index contributed by atoms with van der Waals surface area (Å²) in [4.78, 5) is 0. The van der Waals surface area contributed by atoms with Crippen LogP contribution in [0.2, 0.25) is 0 Å². The summed E-state index contributed by atoms with van der Waals surface area (Å²) in [6.07, 6.45) is 4.66. The van der Waals surface area contributed by atoms with E-state index in [4.69, 9.17) is 11.6 Å². The van der Waals surface area contributed by atoms with Crippen LogP contribution < -0.4 is 0 Å². The number of hydrogen-bond acceptors (Lipinski definition) is 3. The van der Waals surface area contributed by atoms with Crippen molar-refractivity contribution in [3.05, 3.63) is 60.2 Å². The molecule has 2 aromatic heterocycles. The van der Waals surface area contributed by atoms with Gasteiger partial charge in [-0.2, -0.15) is 5.10 Å². The molecule has 0 aliphatic heterocycles. The fourth-order valence-corrected chi connectivity index (χ4v) is 2.18. The van der Waals surface area contributed by atoms with Crippen molar-refractivity contribution in [1.29, 1.82) is 0 Å². The van der Waals surface area contributed by atoms with Crippen LogP contribution in [0.25, 0.3) is 5.69 Å². The summed E-state index contributed by atoms with van der Waals surface area (Å²) < 4.78 is 3.61. The van der Waals surface area contributed by atoms with Gasteiger partial charge in [0.1, 0.15) is 5.69 Å². The number of hydrogen-bond donors (Lipinski definition) is 0. The van der Waals surface area contributed by atoms with Crippen LogP contribution in [0, 0.1) is 0 Å². The summed E-state index contributed by atoms with van der Waals surface area (Å²) in [5, 5.41) is 12.7. The normalized spacial score (nSPS) is 12.5. The molecular weight excluding hydrogens is 286 g/mol. The third-order valence-corrected chi connectivity index (χ3v) is 3.76. The van der Waals surface area contributed by atoms with Gasteiger partial charge < -0.3 is 0 Å². The van der Waals surface area contributed by atoms with E-state index >= 15 is 0 Å². The maximum absolute atomic E-state index is 6.16. The van der Waals surface area contributed by atoms with Crippen LogP contribution in [0.3, 0.4) is 0 Å². The fourth-order valence-electron chi connectivity index (χ4n) is 2.08. The van der Waals surface area contributed by atoms with Crippen molar-refractivity contribution in [2.75, 3.05) is 0 Å². The second-order valence-corrected chi connectivity index (χ2v) is 5.33. The minimum absolute atomic E-state index is 0.0828. The number of nitrogens with zero attached hydrogens (tertiary/aromatic N) is 5. The molecule has 1 atom stereocenters. The predicted molar refractivity (Wildman–Crippen MR) is 81.6 cm³/mol. The summed E-state index contributed by atoms with van der Waals surface area (Å²) >= 11 is 6.16. The molecular formula is C15H16ClN5. The van der Waals surface area contributed by atoms with Gasteiger partial charge in [0.05, 0.1) is 29.5 Å². The molecule has 1 unspecified atom stereocenters. The van der Waals surface area contributed by atoms with Gasteiger partial charge in [-0.1, -0.05) is 30.3 Å². The zero-order valence-corrected chi connectivity index (χ0v) is 12.5. The van der Waals surface area contributed by atoms with Crippen LogP contribution in [0.4, 0.5) is 0 Å². The Hall–Kier alpha value is -2.14. The molecule has 21 heavy (non-hydrogen) atoms. The number of aromatic nitrogens is 5. The van der Waals surface area contributed by atoms with Gasteiger partial charge in [-0.05, 0) is 24.6 Å². The zero-order chi connectivity index (χ0) is 14.7. The van der Waals surface area contributed by atoms with E-state index in [1.54, 1.807) is 4.68 Å². The maximum Gasteiger partial charge on any atom is 0.101 e. The highest BCUT2D eigenvalue weighted by atomic mass is 35.5. The molecule has 5 nitrogen and oxygen atoms in total. The molecule has 108 valence electrons. The molecule has 0 amide bonds. The van der Waals surface area contributed by atoms with E-state index in [-0.39, 0.29) is 5.38 Å². The van der Waals surface area contributed by atoms with Crippen molar-refractivity contribution in [2.45, 2.75) is 25.3 Å². The van der Waals surface area contributed by atoms with E-state index in [0.717, 1.165) is 23.5 Å². The minimum atomic E-state index is -0.0828. The monoisotopic (exact) mass is 301 g/mol. The van der Waals surface area contributed by atoms with Gasteiger partial charge in [0.2, 0.25) is 0 Å². The molecule has 2 heterocycles. The average molecular weight is 302 g/mol. The Morgan fingerprint density at radius 3 is 2.76 bits per heavy atom. The Labute approximate surface area is 128 Å². The van der Waals surface area contributed by atoms with E-state index < -0.39 is 0 Å². The molecule has 0 aliphatic rings. The second-order valence-electron chi connectivity index (χ2n) is 4.80. The van der Waals surface area contributed by atoms with Crippen molar-refractivity contribution in [3.63, 3.8) is 0 Å².